The van der Waals surface area contributed by atoms with Crippen LogP contribution in [-0.2, 0) is 0 Å². The molecule has 2 heterocycles. The largest absolute Gasteiger partial charge is 0.396 e. The number of anilines is 1. The molecule has 6 heteroatoms. The molecule has 0 aliphatic carbocycles. The SMILES string of the molecule is C=C(C)CN(CC)C(=O)c1sc2nccnc2c1N. The maximum Gasteiger partial charge on any atom is 0.266 e. The van der Waals surface area contributed by atoms with Crippen LogP contribution in [0.4, 0.5) is 5.69 Å². The van der Waals surface area contributed by atoms with E-state index in [1.165, 1.54) is 11.3 Å². The molecule has 0 saturated heterocycles. The Morgan fingerprint density at radius 2 is 2.16 bits per heavy atom. The van der Waals surface area contributed by atoms with Gasteiger partial charge < -0.3 is 10.6 Å². The van der Waals surface area contributed by atoms with Gasteiger partial charge in [0.25, 0.3) is 5.91 Å². The first-order valence-electron chi connectivity index (χ1n) is 5.97. The number of rotatable bonds is 4. The van der Waals surface area contributed by atoms with Crippen molar-refractivity contribution in [2.24, 2.45) is 0 Å². The molecule has 19 heavy (non-hydrogen) atoms. The molecule has 5 nitrogen and oxygen atoms in total. The highest BCUT2D eigenvalue weighted by Gasteiger charge is 2.22. The number of likely N-dealkylation sites (N-methyl/N-ethyl adjacent to an activating group) is 1. The van der Waals surface area contributed by atoms with E-state index in [4.69, 9.17) is 5.73 Å². The maximum absolute atomic E-state index is 12.5. The normalized spacial score (nSPS) is 10.6. The first-order chi connectivity index (χ1) is 9.04. The summed E-state index contributed by atoms with van der Waals surface area (Å²) >= 11 is 1.28. The molecule has 0 saturated carbocycles. The summed E-state index contributed by atoms with van der Waals surface area (Å²) in [7, 11) is 0. The minimum Gasteiger partial charge on any atom is -0.396 e. The molecule has 1 amide bonds. The average molecular weight is 276 g/mol. The summed E-state index contributed by atoms with van der Waals surface area (Å²) in [6.07, 6.45) is 3.17. The molecule has 0 aliphatic rings. The van der Waals surface area contributed by atoms with Gasteiger partial charge >= 0.3 is 0 Å². The monoisotopic (exact) mass is 276 g/mol. The van der Waals surface area contributed by atoms with Crippen LogP contribution in [0.2, 0.25) is 0 Å². The second-order valence-corrected chi connectivity index (χ2v) is 5.33. The fourth-order valence-corrected chi connectivity index (χ4v) is 2.79. The van der Waals surface area contributed by atoms with Gasteiger partial charge in [0.15, 0.2) is 0 Å². The maximum atomic E-state index is 12.5. The number of aromatic nitrogens is 2. The van der Waals surface area contributed by atoms with E-state index in [-0.39, 0.29) is 5.91 Å². The van der Waals surface area contributed by atoms with E-state index in [0.29, 0.717) is 34.0 Å². The molecule has 100 valence electrons. The van der Waals surface area contributed by atoms with Gasteiger partial charge in [0, 0.05) is 25.5 Å². The van der Waals surface area contributed by atoms with Crippen LogP contribution < -0.4 is 5.73 Å². The van der Waals surface area contributed by atoms with Gasteiger partial charge in [0.2, 0.25) is 0 Å². The van der Waals surface area contributed by atoms with E-state index < -0.39 is 0 Å². The number of nitrogens with zero attached hydrogens (tertiary/aromatic N) is 3. The van der Waals surface area contributed by atoms with Crippen LogP contribution in [0.1, 0.15) is 23.5 Å². The van der Waals surface area contributed by atoms with Crippen LogP contribution in [0.15, 0.2) is 24.5 Å². The Kier molecular flexibility index (Phi) is 3.80. The van der Waals surface area contributed by atoms with Gasteiger partial charge in [-0.25, -0.2) is 9.97 Å². The van der Waals surface area contributed by atoms with Crippen LogP contribution >= 0.6 is 11.3 Å². The summed E-state index contributed by atoms with van der Waals surface area (Å²) in [5.74, 6) is -0.0900. The molecule has 0 radical (unpaired) electrons. The molecule has 2 aromatic heterocycles. The Balaban J connectivity index is 2.40. The quantitative estimate of drug-likeness (QED) is 0.870. The van der Waals surface area contributed by atoms with Crippen molar-refractivity contribution in [3.8, 4) is 0 Å². The number of thiophene rings is 1. The Labute approximate surface area is 115 Å². The smallest absolute Gasteiger partial charge is 0.266 e. The van der Waals surface area contributed by atoms with Crippen molar-refractivity contribution in [2.75, 3.05) is 18.8 Å². The topological polar surface area (TPSA) is 72.1 Å². The summed E-state index contributed by atoms with van der Waals surface area (Å²) in [6, 6.07) is 0. The highest BCUT2D eigenvalue weighted by molar-refractivity contribution is 7.21. The molecular formula is C13H16N4OS. The van der Waals surface area contributed by atoms with Gasteiger partial charge in [-0.15, -0.1) is 11.3 Å². The van der Waals surface area contributed by atoms with Crippen LogP contribution in [0.5, 0.6) is 0 Å². The van der Waals surface area contributed by atoms with Crippen molar-refractivity contribution in [1.82, 2.24) is 14.9 Å². The number of carbonyl (C=O) groups excluding carboxylic acids is 1. The molecule has 2 aromatic rings. The van der Waals surface area contributed by atoms with Crippen LogP contribution in [0, 0.1) is 0 Å². The van der Waals surface area contributed by atoms with E-state index in [0.717, 1.165) is 5.57 Å². The predicted molar refractivity (Wildman–Crippen MR) is 78.2 cm³/mol. The first-order valence-corrected chi connectivity index (χ1v) is 6.78. The Hall–Kier alpha value is -1.95. The van der Waals surface area contributed by atoms with Crippen molar-refractivity contribution in [3.63, 3.8) is 0 Å². The average Bonchev–Trinajstić information content (AvgIpc) is 2.73. The van der Waals surface area contributed by atoms with E-state index in [1.54, 1.807) is 17.3 Å². The predicted octanol–water partition coefficient (Wildman–Crippen LogP) is 2.31. The Morgan fingerprint density at radius 3 is 2.74 bits per heavy atom. The standard InChI is InChI=1S/C13H16N4OS/c1-4-17(7-8(2)3)13(18)11-9(14)10-12(19-11)16-6-5-15-10/h5-6H,2,4,7,14H2,1,3H3. The van der Waals surface area contributed by atoms with Crippen molar-refractivity contribution >= 4 is 33.3 Å². The van der Waals surface area contributed by atoms with Crippen LogP contribution in [-0.4, -0.2) is 33.9 Å². The van der Waals surface area contributed by atoms with Crippen molar-refractivity contribution in [2.45, 2.75) is 13.8 Å². The molecular weight excluding hydrogens is 260 g/mol. The number of carbonyl (C=O) groups is 1. The zero-order valence-corrected chi connectivity index (χ0v) is 11.8. The lowest BCUT2D eigenvalue weighted by Crippen LogP contribution is -2.32. The van der Waals surface area contributed by atoms with E-state index in [1.807, 2.05) is 13.8 Å². The van der Waals surface area contributed by atoms with Crippen molar-refractivity contribution in [1.29, 1.82) is 0 Å². The van der Waals surface area contributed by atoms with Crippen molar-refractivity contribution in [3.05, 3.63) is 29.4 Å². The van der Waals surface area contributed by atoms with Gasteiger partial charge in [0.1, 0.15) is 15.2 Å². The van der Waals surface area contributed by atoms with E-state index in [2.05, 4.69) is 16.5 Å². The zero-order valence-electron chi connectivity index (χ0n) is 11.0. The Morgan fingerprint density at radius 1 is 1.47 bits per heavy atom. The minimum atomic E-state index is -0.0900. The molecule has 0 atom stereocenters. The molecule has 0 aliphatic heterocycles. The Bertz CT molecular complexity index is 635. The number of amides is 1. The molecule has 2 rings (SSSR count). The summed E-state index contributed by atoms with van der Waals surface area (Å²) in [5.41, 5.74) is 7.95. The van der Waals surface area contributed by atoms with E-state index >= 15 is 0 Å². The number of nitrogens with two attached hydrogens (primary N) is 1. The van der Waals surface area contributed by atoms with Crippen LogP contribution in [0.3, 0.4) is 0 Å². The van der Waals surface area contributed by atoms with E-state index in [9.17, 15) is 4.79 Å². The number of hydrogen-bond acceptors (Lipinski definition) is 5. The summed E-state index contributed by atoms with van der Waals surface area (Å²) in [4.78, 5) is 23.7. The fourth-order valence-electron chi connectivity index (χ4n) is 1.80. The molecule has 0 bridgehead atoms. The van der Waals surface area contributed by atoms with Crippen molar-refractivity contribution < 1.29 is 4.79 Å². The molecule has 0 aromatic carbocycles. The highest BCUT2D eigenvalue weighted by atomic mass is 32.1. The molecule has 0 spiro atoms. The summed E-state index contributed by atoms with van der Waals surface area (Å²) < 4.78 is 0. The lowest BCUT2D eigenvalue weighted by molar-refractivity contribution is 0.0784. The fraction of sp³-hybridized carbons (Fsp3) is 0.308. The molecule has 0 unspecified atom stereocenters. The first kappa shape index (κ1) is 13.5. The second kappa shape index (κ2) is 5.36. The number of nitrogen functional groups attached to an aromatic ring is 1. The van der Waals surface area contributed by atoms with Gasteiger partial charge in [-0.1, -0.05) is 12.2 Å². The third-order valence-electron chi connectivity index (χ3n) is 2.69. The highest BCUT2D eigenvalue weighted by Crippen LogP contribution is 2.31. The molecule has 0 fully saturated rings. The third-order valence-corrected chi connectivity index (χ3v) is 3.78. The lowest BCUT2D eigenvalue weighted by Gasteiger charge is -2.20. The minimum absolute atomic E-state index is 0.0900. The number of fused-ring (bicyclic) bond motifs is 1. The van der Waals surface area contributed by atoms with Gasteiger partial charge in [-0.3, -0.25) is 4.79 Å². The van der Waals surface area contributed by atoms with Gasteiger partial charge in [-0.05, 0) is 13.8 Å². The van der Waals surface area contributed by atoms with Gasteiger partial charge in [-0.2, -0.15) is 0 Å². The lowest BCUT2D eigenvalue weighted by atomic mass is 10.2. The van der Waals surface area contributed by atoms with Gasteiger partial charge in [0.05, 0.1) is 5.69 Å². The van der Waals surface area contributed by atoms with Crippen LogP contribution in [0.25, 0.3) is 10.3 Å². The zero-order chi connectivity index (χ0) is 14.0. The summed E-state index contributed by atoms with van der Waals surface area (Å²) in [5, 5.41) is 0. The summed E-state index contributed by atoms with van der Waals surface area (Å²) in [6.45, 7) is 8.81. The second-order valence-electron chi connectivity index (χ2n) is 4.33. The molecule has 2 N–H and O–H groups in total. The number of hydrogen-bond donors (Lipinski definition) is 1. The third kappa shape index (κ3) is 2.58.